The van der Waals surface area contributed by atoms with E-state index in [-0.39, 0.29) is 0 Å². The molecule has 0 saturated carbocycles. The first kappa shape index (κ1) is 22.7. The lowest BCUT2D eigenvalue weighted by atomic mass is 9.90. The van der Waals surface area contributed by atoms with Gasteiger partial charge >= 0.3 is 0 Å². The largest absolute Gasteiger partial charge is 0.455 e. The van der Waals surface area contributed by atoms with Crippen LogP contribution in [0.25, 0.3) is 82.1 Å². The normalized spacial score (nSPS) is 12.0. The summed E-state index contributed by atoms with van der Waals surface area (Å²) in [6.45, 7) is 0. The van der Waals surface area contributed by atoms with Gasteiger partial charge in [0.1, 0.15) is 11.2 Å². The molecule has 0 fully saturated rings. The quantitative estimate of drug-likeness (QED) is 0.212. The van der Waals surface area contributed by atoms with Crippen molar-refractivity contribution in [3.8, 4) is 16.8 Å². The van der Waals surface area contributed by atoms with Crippen molar-refractivity contribution in [2.45, 2.75) is 0 Å². The number of benzene rings is 7. The molecule has 0 unspecified atom stereocenters. The van der Waals surface area contributed by atoms with Crippen molar-refractivity contribution in [3.05, 3.63) is 138 Å². The first-order valence-electron chi connectivity index (χ1n) is 13.8. The van der Waals surface area contributed by atoms with Crippen LogP contribution < -0.4 is 0 Å². The molecule has 0 radical (unpaired) electrons. The Labute approximate surface area is 240 Å². The average molecular weight is 544 g/mol. The maximum Gasteiger partial charge on any atom is 0.143 e. The van der Waals surface area contributed by atoms with E-state index in [9.17, 15) is 0 Å². The van der Waals surface area contributed by atoms with Crippen molar-refractivity contribution in [1.82, 2.24) is 4.57 Å². The van der Waals surface area contributed by atoms with Gasteiger partial charge in [0.05, 0.1) is 11.0 Å². The standard InChI is InChI=1S/C38H22ClNO/c39-23-18-19-27-33-21-31(25-12-4-6-15-29(25)37(33)40(35(27)20-23)24-10-2-1-3-11-24)32-22-34-28-14-8-9-17-36(28)41-38(34)30-16-7-5-13-26(30)32/h1-22H. The molecule has 2 aromatic heterocycles. The molecule has 2 nitrogen and oxygen atoms in total. The fraction of sp³-hybridized carbons (Fsp3) is 0. The number of nitrogens with zero attached hydrogens (tertiary/aromatic N) is 1. The highest BCUT2D eigenvalue weighted by molar-refractivity contribution is 6.32. The number of halogens is 1. The lowest BCUT2D eigenvalue weighted by molar-refractivity contribution is 0.672. The maximum atomic E-state index is 6.59. The number of hydrogen-bond acceptors (Lipinski definition) is 1. The second kappa shape index (κ2) is 8.47. The van der Waals surface area contributed by atoms with Crippen LogP contribution in [0.4, 0.5) is 0 Å². The van der Waals surface area contributed by atoms with Crippen molar-refractivity contribution in [2.75, 3.05) is 0 Å². The third-order valence-corrected chi connectivity index (χ3v) is 8.65. The fourth-order valence-electron chi connectivity index (χ4n) is 6.68. The van der Waals surface area contributed by atoms with E-state index < -0.39 is 0 Å². The highest BCUT2D eigenvalue weighted by Crippen LogP contribution is 2.45. The maximum absolute atomic E-state index is 6.59. The van der Waals surface area contributed by atoms with Crippen LogP contribution in [0.5, 0.6) is 0 Å². The Bertz CT molecular complexity index is 2480. The molecular formula is C38H22ClNO. The van der Waals surface area contributed by atoms with Crippen molar-refractivity contribution in [3.63, 3.8) is 0 Å². The molecule has 0 spiro atoms. The van der Waals surface area contributed by atoms with Gasteiger partial charge in [-0.3, -0.25) is 0 Å². The Morgan fingerprint density at radius 2 is 1.07 bits per heavy atom. The number of para-hydroxylation sites is 2. The van der Waals surface area contributed by atoms with Crippen LogP contribution >= 0.6 is 11.6 Å². The minimum absolute atomic E-state index is 0.727. The zero-order valence-electron chi connectivity index (χ0n) is 21.9. The van der Waals surface area contributed by atoms with Crippen LogP contribution in [0, 0.1) is 0 Å². The number of rotatable bonds is 2. The zero-order valence-corrected chi connectivity index (χ0v) is 22.7. The van der Waals surface area contributed by atoms with Gasteiger partial charge in [0.2, 0.25) is 0 Å². The number of hydrogen-bond donors (Lipinski definition) is 0. The van der Waals surface area contributed by atoms with Crippen LogP contribution in [0.3, 0.4) is 0 Å². The minimum Gasteiger partial charge on any atom is -0.455 e. The molecule has 0 aliphatic heterocycles. The van der Waals surface area contributed by atoms with E-state index in [1.165, 1.54) is 43.6 Å². The first-order valence-corrected chi connectivity index (χ1v) is 14.2. The molecule has 7 aromatic carbocycles. The first-order chi connectivity index (χ1) is 20.3. The number of fused-ring (bicyclic) bond motifs is 10. The molecule has 41 heavy (non-hydrogen) atoms. The molecule has 192 valence electrons. The lowest BCUT2D eigenvalue weighted by Gasteiger charge is -2.14. The number of furan rings is 1. The van der Waals surface area contributed by atoms with Crippen LogP contribution in [0.1, 0.15) is 0 Å². The monoisotopic (exact) mass is 543 g/mol. The van der Waals surface area contributed by atoms with Crippen molar-refractivity contribution >= 4 is 76.9 Å². The van der Waals surface area contributed by atoms with E-state index in [1.807, 2.05) is 12.1 Å². The van der Waals surface area contributed by atoms with Crippen LogP contribution in [-0.2, 0) is 0 Å². The summed E-state index contributed by atoms with van der Waals surface area (Å²) in [5.74, 6) is 0. The predicted octanol–water partition coefficient (Wildman–Crippen LogP) is 11.3. The second-order valence-electron chi connectivity index (χ2n) is 10.6. The van der Waals surface area contributed by atoms with Gasteiger partial charge in [-0.05, 0) is 64.4 Å². The van der Waals surface area contributed by atoms with Gasteiger partial charge in [-0.25, -0.2) is 0 Å². The summed E-state index contributed by atoms with van der Waals surface area (Å²) < 4.78 is 8.77. The molecular weight excluding hydrogens is 522 g/mol. The summed E-state index contributed by atoms with van der Waals surface area (Å²) in [5.41, 5.74) is 7.66. The molecule has 2 heterocycles. The van der Waals surface area contributed by atoms with Gasteiger partial charge in [-0.2, -0.15) is 0 Å². The van der Waals surface area contributed by atoms with Gasteiger partial charge in [0, 0.05) is 43.0 Å². The van der Waals surface area contributed by atoms with Crippen molar-refractivity contribution < 1.29 is 4.42 Å². The summed E-state index contributed by atoms with van der Waals surface area (Å²) in [6, 6.07) is 47.2. The van der Waals surface area contributed by atoms with Gasteiger partial charge in [0.15, 0.2) is 0 Å². The van der Waals surface area contributed by atoms with Gasteiger partial charge in [0.25, 0.3) is 0 Å². The Balaban J connectivity index is 1.49. The lowest BCUT2D eigenvalue weighted by Crippen LogP contribution is -1.94. The molecule has 3 heteroatoms. The van der Waals surface area contributed by atoms with Crippen LogP contribution in [0.2, 0.25) is 5.02 Å². The molecule has 0 aliphatic rings. The topological polar surface area (TPSA) is 18.1 Å². The molecule has 0 saturated heterocycles. The average Bonchev–Trinajstić information content (AvgIpc) is 3.56. The SMILES string of the molecule is Clc1ccc2c3cc(-c4cc5c6ccccc6oc5c5ccccc45)c4ccccc4c3n(-c3ccccc3)c2c1. The Kier molecular flexibility index (Phi) is 4.70. The van der Waals surface area contributed by atoms with E-state index in [0.717, 1.165) is 43.6 Å². The molecule has 0 bridgehead atoms. The molecule has 0 aliphatic carbocycles. The summed E-state index contributed by atoms with van der Waals surface area (Å²) >= 11 is 6.59. The van der Waals surface area contributed by atoms with Crippen molar-refractivity contribution in [1.29, 1.82) is 0 Å². The van der Waals surface area contributed by atoms with Gasteiger partial charge in [-0.15, -0.1) is 0 Å². The van der Waals surface area contributed by atoms with E-state index in [2.05, 4.69) is 126 Å². The highest BCUT2D eigenvalue weighted by Gasteiger charge is 2.21. The summed E-state index contributed by atoms with van der Waals surface area (Å²) in [4.78, 5) is 0. The van der Waals surface area contributed by atoms with Gasteiger partial charge in [-0.1, -0.05) is 103 Å². The van der Waals surface area contributed by atoms with E-state index in [4.69, 9.17) is 16.0 Å². The summed E-state index contributed by atoms with van der Waals surface area (Å²) in [6.07, 6.45) is 0. The zero-order chi connectivity index (χ0) is 27.1. The Morgan fingerprint density at radius 3 is 1.85 bits per heavy atom. The van der Waals surface area contributed by atoms with Crippen molar-refractivity contribution in [2.24, 2.45) is 0 Å². The van der Waals surface area contributed by atoms with E-state index >= 15 is 0 Å². The van der Waals surface area contributed by atoms with Crippen LogP contribution in [-0.4, -0.2) is 4.57 Å². The third-order valence-electron chi connectivity index (χ3n) is 8.42. The Morgan fingerprint density at radius 1 is 0.463 bits per heavy atom. The van der Waals surface area contributed by atoms with Crippen LogP contribution in [0.15, 0.2) is 138 Å². The molecule has 9 rings (SSSR count). The molecule has 0 amide bonds. The van der Waals surface area contributed by atoms with E-state index in [1.54, 1.807) is 0 Å². The summed E-state index contributed by atoms with van der Waals surface area (Å²) in [7, 11) is 0. The smallest absolute Gasteiger partial charge is 0.143 e. The molecule has 0 N–H and O–H groups in total. The molecule has 0 atom stereocenters. The minimum atomic E-state index is 0.727. The highest BCUT2D eigenvalue weighted by atomic mass is 35.5. The molecule has 9 aromatic rings. The summed E-state index contributed by atoms with van der Waals surface area (Å²) in [5, 5.41) is 10.1. The third kappa shape index (κ3) is 3.20. The fourth-order valence-corrected chi connectivity index (χ4v) is 6.85. The van der Waals surface area contributed by atoms with Gasteiger partial charge < -0.3 is 8.98 Å². The predicted molar refractivity (Wildman–Crippen MR) is 174 cm³/mol. The van der Waals surface area contributed by atoms with E-state index in [0.29, 0.717) is 0 Å². The second-order valence-corrected chi connectivity index (χ2v) is 11.1. The number of aromatic nitrogens is 1. The Hall–Kier alpha value is -5.05.